The average Bonchev–Trinajstić information content (AvgIpc) is 3.34. The highest BCUT2D eigenvalue weighted by Crippen LogP contribution is 2.47. The highest BCUT2D eigenvalue weighted by atomic mass is 19.1. The van der Waals surface area contributed by atoms with Crippen molar-refractivity contribution < 1.29 is 13.9 Å². The van der Waals surface area contributed by atoms with E-state index in [1.807, 2.05) is 36.4 Å². The number of H-pyrrole nitrogens is 1. The van der Waals surface area contributed by atoms with Gasteiger partial charge in [0.15, 0.2) is 0 Å². The van der Waals surface area contributed by atoms with Crippen LogP contribution in [0.5, 0.6) is 5.75 Å². The number of aromatic amines is 1. The number of anilines is 1. The topological polar surface area (TPSA) is 71.1 Å². The molecule has 1 aliphatic rings. The van der Waals surface area contributed by atoms with Crippen molar-refractivity contribution in [2.45, 2.75) is 6.04 Å². The van der Waals surface area contributed by atoms with Crippen molar-refractivity contribution >= 4 is 11.6 Å². The van der Waals surface area contributed by atoms with Crippen LogP contribution < -0.4 is 9.64 Å². The van der Waals surface area contributed by atoms with Gasteiger partial charge in [-0.05, 0) is 42.5 Å². The number of para-hydroxylation sites is 1. The average molecular weight is 400 g/mol. The van der Waals surface area contributed by atoms with Crippen LogP contribution in [0.4, 0.5) is 10.1 Å². The molecule has 1 atom stereocenters. The van der Waals surface area contributed by atoms with Gasteiger partial charge in [-0.1, -0.05) is 18.2 Å². The molecule has 5 rings (SSSR count). The van der Waals surface area contributed by atoms with Crippen molar-refractivity contribution in [2.24, 2.45) is 0 Å². The number of amides is 1. The van der Waals surface area contributed by atoms with E-state index in [-0.39, 0.29) is 11.7 Å². The lowest BCUT2D eigenvalue weighted by atomic mass is 9.95. The van der Waals surface area contributed by atoms with Crippen LogP contribution in [0.25, 0.3) is 11.3 Å². The number of nitrogens with one attached hydrogen (secondary N) is 1. The van der Waals surface area contributed by atoms with Gasteiger partial charge in [0, 0.05) is 34.8 Å². The molecule has 30 heavy (non-hydrogen) atoms. The number of carbonyl (C=O) groups is 1. The molecule has 1 aliphatic heterocycles. The zero-order valence-electron chi connectivity index (χ0n) is 16.0. The number of hydrogen-bond donors (Lipinski definition) is 1. The van der Waals surface area contributed by atoms with Gasteiger partial charge in [-0.25, -0.2) is 4.39 Å². The lowest BCUT2D eigenvalue weighted by Crippen LogP contribution is -2.29. The smallest absolute Gasteiger partial charge is 0.277 e. The Labute approximate surface area is 172 Å². The molecule has 0 fully saturated rings. The summed E-state index contributed by atoms with van der Waals surface area (Å²) >= 11 is 0. The molecule has 6 nitrogen and oxygen atoms in total. The van der Waals surface area contributed by atoms with E-state index in [0.29, 0.717) is 22.8 Å². The van der Waals surface area contributed by atoms with Crippen LogP contribution in [0.15, 0.2) is 73.1 Å². The second-order valence-electron chi connectivity index (χ2n) is 6.90. The number of hydrogen-bond acceptors (Lipinski definition) is 4. The van der Waals surface area contributed by atoms with Crippen LogP contribution in [0, 0.1) is 5.82 Å². The van der Waals surface area contributed by atoms with Gasteiger partial charge in [-0.3, -0.25) is 19.8 Å². The first-order valence-corrected chi connectivity index (χ1v) is 9.39. The number of nitrogens with zero attached hydrogens (tertiary/aromatic N) is 3. The van der Waals surface area contributed by atoms with Crippen molar-refractivity contribution in [2.75, 3.05) is 12.0 Å². The van der Waals surface area contributed by atoms with Gasteiger partial charge in [0.1, 0.15) is 23.0 Å². The predicted octanol–water partition coefficient (Wildman–Crippen LogP) is 4.37. The molecule has 2 aromatic heterocycles. The maximum atomic E-state index is 13.6. The number of ether oxygens (including phenoxy) is 1. The third-order valence-electron chi connectivity index (χ3n) is 5.24. The number of carbonyl (C=O) groups excluding carboxylic acids is 1. The van der Waals surface area contributed by atoms with Crippen LogP contribution in [0.2, 0.25) is 0 Å². The van der Waals surface area contributed by atoms with E-state index in [1.165, 1.54) is 12.1 Å². The lowest BCUT2D eigenvalue weighted by Gasteiger charge is -2.27. The summed E-state index contributed by atoms with van der Waals surface area (Å²) in [5.41, 5.74) is 3.97. The molecule has 4 aromatic rings. The van der Waals surface area contributed by atoms with E-state index in [4.69, 9.17) is 4.74 Å². The molecule has 7 heteroatoms. The van der Waals surface area contributed by atoms with Crippen molar-refractivity contribution in [1.29, 1.82) is 0 Å². The Morgan fingerprint density at radius 2 is 1.87 bits per heavy atom. The molecule has 0 aliphatic carbocycles. The molecular formula is C23H17FN4O2. The molecule has 3 heterocycles. The number of pyridine rings is 1. The first-order valence-electron chi connectivity index (χ1n) is 9.39. The zero-order chi connectivity index (χ0) is 20.7. The Balaban J connectivity index is 1.76. The quantitative estimate of drug-likeness (QED) is 0.552. The van der Waals surface area contributed by atoms with Gasteiger partial charge < -0.3 is 4.74 Å². The predicted molar refractivity (Wildman–Crippen MR) is 110 cm³/mol. The summed E-state index contributed by atoms with van der Waals surface area (Å²) in [5.74, 6) is 0.0410. The van der Waals surface area contributed by atoms with Crippen molar-refractivity contribution in [3.8, 4) is 17.0 Å². The highest BCUT2D eigenvalue weighted by Gasteiger charge is 2.44. The molecule has 0 saturated heterocycles. The fourth-order valence-electron chi connectivity index (χ4n) is 3.92. The summed E-state index contributed by atoms with van der Waals surface area (Å²) in [6.07, 6.45) is 3.39. The molecule has 0 spiro atoms. The lowest BCUT2D eigenvalue weighted by molar-refractivity contribution is 0.0988. The SMILES string of the molecule is COc1ccccc1C1c2c(-c3cccnc3)n[nH]c2C(=O)N1c1ccc(F)cc1. The minimum atomic E-state index is -0.497. The summed E-state index contributed by atoms with van der Waals surface area (Å²) in [6, 6.07) is 16.6. The van der Waals surface area contributed by atoms with Crippen LogP contribution in [-0.4, -0.2) is 28.2 Å². The van der Waals surface area contributed by atoms with E-state index >= 15 is 0 Å². The molecule has 2 aromatic carbocycles. The van der Waals surface area contributed by atoms with Crippen molar-refractivity contribution in [3.05, 3.63) is 95.7 Å². The molecule has 0 radical (unpaired) electrons. The van der Waals surface area contributed by atoms with Gasteiger partial charge >= 0.3 is 0 Å². The van der Waals surface area contributed by atoms with Crippen LogP contribution in [-0.2, 0) is 0 Å². The molecule has 1 amide bonds. The number of rotatable bonds is 4. The number of benzene rings is 2. The summed E-state index contributed by atoms with van der Waals surface area (Å²) in [6.45, 7) is 0. The van der Waals surface area contributed by atoms with E-state index in [9.17, 15) is 9.18 Å². The van der Waals surface area contributed by atoms with Crippen LogP contribution >= 0.6 is 0 Å². The second-order valence-corrected chi connectivity index (χ2v) is 6.90. The second kappa shape index (κ2) is 7.11. The first-order chi connectivity index (χ1) is 14.7. The molecule has 0 bridgehead atoms. The molecular weight excluding hydrogens is 383 g/mol. The van der Waals surface area contributed by atoms with Gasteiger partial charge in [0.25, 0.3) is 5.91 Å². The van der Waals surface area contributed by atoms with Crippen LogP contribution in [0.3, 0.4) is 0 Å². The summed E-state index contributed by atoms with van der Waals surface area (Å²) in [5, 5.41) is 7.32. The van der Waals surface area contributed by atoms with Crippen molar-refractivity contribution in [1.82, 2.24) is 15.2 Å². The van der Waals surface area contributed by atoms with Gasteiger partial charge in [0.2, 0.25) is 0 Å². The molecule has 1 N–H and O–H groups in total. The Kier molecular flexibility index (Phi) is 4.28. The number of aromatic nitrogens is 3. The number of halogens is 1. The van der Waals surface area contributed by atoms with E-state index < -0.39 is 6.04 Å². The minimum absolute atomic E-state index is 0.241. The highest BCUT2D eigenvalue weighted by molar-refractivity contribution is 6.11. The van der Waals surface area contributed by atoms with Gasteiger partial charge in [0.05, 0.1) is 13.2 Å². The summed E-state index contributed by atoms with van der Waals surface area (Å²) in [4.78, 5) is 19.2. The monoisotopic (exact) mass is 400 g/mol. The zero-order valence-corrected chi connectivity index (χ0v) is 16.0. The Bertz CT molecular complexity index is 1220. The fraction of sp³-hybridized carbons (Fsp3) is 0.0870. The Morgan fingerprint density at radius 3 is 2.60 bits per heavy atom. The minimum Gasteiger partial charge on any atom is -0.496 e. The third-order valence-corrected chi connectivity index (χ3v) is 5.24. The standard InChI is InChI=1S/C23H17FN4O2/c1-30-18-7-3-2-6-17(18)22-19-20(14-5-4-12-25-13-14)26-27-21(19)23(29)28(22)16-10-8-15(24)9-11-16/h2-13,22H,1H3,(H,26,27). The van der Waals surface area contributed by atoms with E-state index in [0.717, 1.165) is 16.7 Å². The maximum Gasteiger partial charge on any atom is 0.277 e. The van der Waals surface area contributed by atoms with E-state index in [1.54, 1.807) is 36.5 Å². The summed E-state index contributed by atoms with van der Waals surface area (Å²) < 4.78 is 19.1. The summed E-state index contributed by atoms with van der Waals surface area (Å²) in [7, 11) is 1.59. The third kappa shape index (κ3) is 2.75. The molecule has 0 saturated carbocycles. The maximum absolute atomic E-state index is 13.6. The normalized spacial score (nSPS) is 15.3. The largest absolute Gasteiger partial charge is 0.496 e. The molecule has 148 valence electrons. The Morgan fingerprint density at radius 1 is 1.07 bits per heavy atom. The fourth-order valence-corrected chi connectivity index (χ4v) is 3.92. The Hall–Kier alpha value is -4.00. The van der Waals surface area contributed by atoms with Gasteiger partial charge in [-0.15, -0.1) is 0 Å². The molecule has 1 unspecified atom stereocenters. The van der Waals surface area contributed by atoms with Crippen molar-refractivity contribution in [3.63, 3.8) is 0 Å². The number of methoxy groups -OCH3 is 1. The van der Waals surface area contributed by atoms with E-state index in [2.05, 4.69) is 15.2 Å². The number of fused-ring (bicyclic) bond motifs is 1. The van der Waals surface area contributed by atoms with Gasteiger partial charge in [-0.2, -0.15) is 5.10 Å². The first kappa shape index (κ1) is 18.1. The van der Waals surface area contributed by atoms with Crippen LogP contribution in [0.1, 0.15) is 27.7 Å².